The van der Waals surface area contributed by atoms with Gasteiger partial charge < -0.3 is 15.4 Å². The number of carbonyl (C=O) groups excluding carboxylic acids is 2. The fraction of sp³-hybridized carbons (Fsp3) is 0.333. The molecule has 0 aliphatic rings. The van der Waals surface area contributed by atoms with Crippen LogP contribution in [0.2, 0.25) is 0 Å². The number of ether oxygens (including phenoxy) is 1. The number of anilines is 2. The number of hydrogen-bond acceptors (Lipinski definition) is 3. The quantitative estimate of drug-likeness (QED) is 0.632. The van der Waals surface area contributed by atoms with Gasteiger partial charge in [-0.2, -0.15) is 0 Å². The standard InChI is InChI=1S/C21H26N2O3/c1-3-5-15-26-17-13-11-16(12-14-17)21(25)23-19-10-7-6-9-18(19)22-20(24)8-4-2/h6-7,9-14H,3-5,8,15H2,1-2H3,(H,22,24)(H,23,25). The number of rotatable bonds is 9. The van der Waals surface area contributed by atoms with E-state index in [0.29, 0.717) is 30.0 Å². The van der Waals surface area contributed by atoms with E-state index in [1.807, 2.05) is 19.1 Å². The molecule has 0 aliphatic carbocycles. The van der Waals surface area contributed by atoms with Gasteiger partial charge in [0.25, 0.3) is 5.91 Å². The van der Waals surface area contributed by atoms with Crippen LogP contribution < -0.4 is 15.4 Å². The number of carbonyl (C=O) groups is 2. The van der Waals surface area contributed by atoms with Crippen LogP contribution in [0.25, 0.3) is 0 Å². The van der Waals surface area contributed by atoms with Crippen molar-refractivity contribution in [2.24, 2.45) is 0 Å². The topological polar surface area (TPSA) is 67.4 Å². The van der Waals surface area contributed by atoms with Crippen molar-refractivity contribution in [3.8, 4) is 5.75 Å². The van der Waals surface area contributed by atoms with Crippen LogP contribution in [0, 0.1) is 0 Å². The Hall–Kier alpha value is -2.82. The normalized spacial score (nSPS) is 10.2. The summed E-state index contributed by atoms with van der Waals surface area (Å²) in [6.07, 6.45) is 3.30. The Morgan fingerprint density at radius 1 is 0.885 bits per heavy atom. The third-order valence-corrected chi connectivity index (χ3v) is 3.81. The summed E-state index contributed by atoms with van der Waals surface area (Å²) in [5.74, 6) is 0.451. The molecule has 5 nitrogen and oxygen atoms in total. The minimum atomic E-state index is -0.234. The first-order chi connectivity index (χ1) is 12.6. The molecule has 0 saturated carbocycles. The van der Waals surface area contributed by atoms with Gasteiger partial charge in [-0.3, -0.25) is 9.59 Å². The van der Waals surface area contributed by atoms with E-state index in [4.69, 9.17) is 4.74 Å². The smallest absolute Gasteiger partial charge is 0.255 e. The molecule has 138 valence electrons. The summed E-state index contributed by atoms with van der Waals surface area (Å²) in [6, 6.07) is 14.2. The van der Waals surface area contributed by atoms with Crippen molar-refractivity contribution in [3.63, 3.8) is 0 Å². The second-order valence-electron chi connectivity index (χ2n) is 6.02. The van der Waals surface area contributed by atoms with Gasteiger partial charge in [0, 0.05) is 12.0 Å². The Morgan fingerprint density at radius 3 is 2.15 bits per heavy atom. The molecule has 2 aromatic carbocycles. The molecule has 2 aromatic rings. The number of amides is 2. The molecule has 26 heavy (non-hydrogen) atoms. The van der Waals surface area contributed by atoms with E-state index in [0.717, 1.165) is 25.0 Å². The van der Waals surface area contributed by atoms with Gasteiger partial charge in [0.05, 0.1) is 18.0 Å². The third-order valence-electron chi connectivity index (χ3n) is 3.81. The van der Waals surface area contributed by atoms with Crippen molar-refractivity contribution in [2.45, 2.75) is 39.5 Å². The number of para-hydroxylation sites is 2. The van der Waals surface area contributed by atoms with Crippen LogP contribution in [0.5, 0.6) is 5.75 Å². The Kier molecular flexibility index (Phi) is 7.68. The molecule has 0 aliphatic heterocycles. The lowest BCUT2D eigenvalue weighted by atomic mass is 10.2. The van der Waals surface area contributed by atoms with E-state index in [1.165, 1.54) is 0 Å². The zero-order valence-electron chi connectivity index (χ0n) is 15.4. The van der Waals surface area contributed by atoms with Gasteiger partial charge in [0.2, 0.25) is 5.91 Å². The minimum absolute atomic E-state index is 0.0669. The third kappa shape index (κ3) is 5.92. The maximum atomic E-state index is 12.5. The lowest BCUT2D eigenvalue weighted by Gasteiger charge is -2.12. The number of unbranched alkanes of at least 4 members (excludes halogenated alkanes) is 1. The van der Waals surface area contributed by atoms with Crippen LogP contribution in [0.1, 0.15) is 49.9 Å². The Balaban J connectivity index is 2.02. The molecular formula is C21H26N2O3. The molecule has 0 heterocycles. The first-order valence-corrected chi connectivity index (χ1v) is 9.07. The fourth-order valence-corrected chi connectivity index (χ4v) is 2.37. The first-order valence-electron chi connectivity index (χ1n) is 9.07. The number of hydrogen-bond donors (Lipinski definition) is 2. The predicted molar refractivity (Wildman–Crippen MR) is 105 cm³/mol. The average molecular weight is 354 g/mol. The zero-order valence-corrected chi connectivity index (χ0v) is 15.4. The van der Waals surface area contributed by atoms with E-state index in [-0.39, 0.29) is 11.8 Å². The predicted octanol–water partition coefficient (Wildman–Crippen LogP) is 4.86. The van der Waals surface area contributed by atoms with Gasteiger partial charge in [-0.05, 0) is 49.2 Å². The second-order valence-corrected chi connectivity index (χ2v) is 6.02. The minimum Gasteiger partial charge on any atom is -0.494 e. The van der Waals surface area contributed by atoms with Crippen molar-refractivity contribution >= 4 is 23.2 Å². The van der Waals surface area contributed by atoms with Gasteiger partial charge in [-0.25, -0.2) is 0 Å². The maximum Gasteiger partial charge on any atom is 0.255 e. The van der Waals surface area contributed by atoms with Crippen molar-refractivity contribution in [1.82, 2.24) is 0 Å². The molecule has 0 aromatic heterocycles. The molecule has 0 fully saturated rings. The Bertz CT molecular complexity index is 726. The molecule has 0 radical (unpaired) electrons. The SMILES string of the molecule is CCCCOc1ccc(C(=O)Nc2ccccc2NC(=O)CCC)cc1. The monoisotopic (exact) mass is 354 g/mol. The lowest BCUT2D eigenvalue weighted by molar-refractivity contribution is -0.116. The second kappa shape index (κ2) is 10.2. The molecule has 0 atom stereocenters. The fourth-order valence-electron chi connectivity index (χ4n) is 2.37. The molecule has 0 unspecified atom stereocenters. The summed E-state index contributed by atoms with van der Waals surface area (Å²) >= 11 is 0. The van der Waals surface area contributed by atoms with Gasteiger partial charge >= 0.3 is 0 Å². The van der Waals surface area contributed by atoms with Crippen LogP contribution in [0.3, 0.4) is 0 Å². The highest BCUT2D eigenvalue weighted by Crippen LogP contribution is 2.22. The van der Waals surface area contributed by atoms with Crippen LogP contribution in [0.15, 0.2) is 48.5 Å². The molecule has 2 amide bonds. The summed E-state index contributed by atoms with van der Waals surface area (Å²) < 4.78 is 5.61. The van der Waals surface area contributed by atoms with Gasteiger partial charge in [0.1, 0.15) is 5.75 Å². The number of benzene rings is 2. The molecule has 5 heteroatoms. The summed E-state index contributed by atoms with van der Waals surface area (Å²) in [6.45, 7) is 4.73. The van der Waals surface area contributed by atoms with Crippen molar-refractivity contribution in [2.75, 3.05) is 17.2 Å². The lowest BCUT2D eigenvalue weighted by Crippen LogP contribution is -2.16. The van der Waals surface area contributed by atoms with Gasteiger partial charge in [-0.15, -0.1) is 0 Å². The molecule has 2 N–H and O–H groups in total. The number of nitrogens with one attached hydrogen (secondary N) is 2. The van der Waals surface area contributed by atoms with Gasteiger partial charge in [-0.1, -0.05) is 32.4 Å². The Labute approximate surface area is 154 Å². The van der Waals surface area contributed by atoms with E-state index < -0.39 is 0 Å². The van der Waals surface area contributed by atoms with E-state index in [1.54, 1.807) is 36.4 Å². The Morgan fingerprint density at radius 2 is 1.54 bits per heavy atom. The highest BCUT2D eigenvalue weighted by Gasteiger charge is 2.11. The van der Waals surface area contributed by atoms with E-state index in [2.05, 4.69) is 17.6 Å². The van der Waals surface area contributed by atoms with Crippen molar-refractivity contribution < 1.29 is 14.3 Å². The van der Waals surface area contributed by atoms with Crippen LogP contribution in [0.4, 0.5) is 11.4 Å². The zero-order chi connectivity index (χ0) is 18.8. The summed E-state index contributed by atoms with van der Waals surface area (Å²) in [4.78, 5) is 24.3. The van der Waals surface area contributed by atoms with Crippen molar-refractivity contribution in [1.29, 1.82) is 0 Å². The molecule has 0 bridgehead atoms. The maximum absolute atomic E-state index is 12.5. The van der Waals surface area contributed by atoms with Crippen LogP contribution in [-0.4, -0.2) is 18.4 Å². The molecule has 2 rings (SSSR count). The highest BCUT2D eigenvalue weighted by molar-refractivity contribution is 6.07. The average Bonchev–Trinajstić information content (AvgIpc) is 2.64. The van der Waals surface area contributed by atoms with Crippen LogP contribution in [-0.2, 0) is 4.79 Å². The van der Waals surface area contributed by atoms with E-state index >= 15 is 0 Å². The van der Waals surface area contributed by atoms with Crippen LogP contribution >= 0.6 is 0 Å². The molecule has 0 saturated heterocycles. The highest BCUT2D eigenvalue weighted by atomic mass is 16.5. The molecular weight excluding hydrogens is 328 g/mol. The largest absolute Gasteiger partial charge is 0.494 e. The van der Waals surface area contributed by atoms with E-state index in [9.17, 15) is 9.59 Å². The molecule has 0 spiro atoms. The summed E-state index contributed by atoms with van der Waals surface area (Å²) in [7, 11) is 0. The summed E-state index contributed by atoms with van der Waals surface area (Å²) in [5.41, 5.74) is 1.70. The van der Waals surface area contributed by atoms with Gasteiger partial charge in [0.15, 0.2) is 0 Å². The summed E-state index contributed by atoms with van der Waals surface area (Å²) in [5, 5.41) is 5.68. The first kappa shape index (κ1) is 19.5. The van der Waals surface area contributed by atoms with Crippen molar-refractivity contribution in [3.05, 3.63) is 54.1 Å².